The van der Waals surface area contributed by atoms with Gasteiger partial charge in [0.15, 0.2) is 0 Å². The smallest absolute Gasteiger partial charge is 0.318 e. The third-order valence-electron chi connectivity index (χ3n) is 5.93. The molecule has 4 amide bonds. The highest BCUT2D eigenvalue weighted by Crippen LogP contribution is 2.21. The van der Waals surface area contributed by atoms with Crippen LogP contribution in [-0.2, 0) is 9.59 Å². The molecule has 164 valence electrons. The van der Waals surface area contributed by atoms with Crippen LogP contribution in [0.15, 0.2) is 24.3 Å². The maximum Gasteiger partial charge on any atom is 0.318 e. The number of nitrogens with one attached hydrogen (secondary N) is 1. The van der Waals surface area contributed by atoms with Gasteiger partial charge >= 0.3 is 6.03 Å². The number of urea groups is 1. The molecular formula is C23H34N4O3. The monoisotopic (exact) mass is 414 g/mol. The summed E-state index contributed by atoms with van der Waals surface area (Å²) in [5.74, 6) is -0.283. The molecule has 1 aromatic carbocycles. The standard InChI is InChI=1S/C23H34N4O3/c1-3-4-13-25(23(30)24-19-10-6-5-7-11-19)15-21(28)26-16-22(29)27(17-26)20-12-8-9-18(2)14-20/h8-9,12,14,19H,3-7,10-11,13,15-17H2,1-2H3,(H,24,30). The second kappa shape index (κ2) is 10.5. The van der Waals surface area contributed by atoms with Gasteiger partial charge in [-0.15, -0.1) is 0 Å². The van der Waals surface area contributed by atoms with Crippen molar-refractivity contribution in [1.29, 1.82) is 0 Å². The van der Waals surface area contributed by atoms with Crippen LogP contribution >= 0.6 is 0 Å². The van der Waals surface area contributed by atoms with E-state index in [9.17, 15) is 14.4 Å². The molecule has 1 saturated carbocycles. The van der Waals surface area contributed by atoms with E-state index in [1.807, 2.05) is 31.2 Å². The Morgan fingerprint density at radius 3 is 2.67 bits per heavy atom. The van der Waals surface area contributed by atoms with Crippen LogP contribution in [-0.4, -0.2) is 60.0 Å². The quantitative estimate of drug-likeness (QED) is 0.744. The third-order valence-corrected chi connectivity index (χ3v) is 5.93. The Bertz CT molecular complexity index is 761. The molecule has 0 spiro atoms. The first-order chi connectivity index (χ1) is 14.5. The lowest BCUT2D eigenvalue weighted by Gasteiger charge is -2.29. The maximum absolute atomic E-state index is 12.9. The van der Waals surface area contributed by atoms with E-state index in [4.69, 9.17) is 0 Å². The fourth-order valence-corrected chi connectivity index (χ4v) is 4.11. The Kier molecular flexibility index (Phi) is 7.71. The Hall–Kier alpha value is -2.57. The molecule has 0 aromatic heterocycles. The number of anilines is 1. The van der Waals surface area contributed by atoms with E-state index >= 15 is 0 Å². The predicted octanol–water partition coefficient (Wildman–Crippen LogP) is 3.27. The summed E-state index contributed by atoms with van der Waals surface area (Å²) in [6.45, 7) is 4.88. The largest absolute Gasteiger partial charge is 0.335 e. The highest BCUT2D eigenvalue weighted by molar-refractivity contribution is 6.00. The van der Waals surface area contributed by atoms with Crippen LogP contribution in [0.3, 0.4) is 0 Å². The fourth-order valence-electron chi connectivity index (χ4n) is 4.11. The molecule has 1 heterocycles. The molecule has 30 heavy (non-hydrogen) atoms. The molecule has 0 radical (unpaired) electrons. The van der Waals surface area contributed by atoms with E-state index in [0.29, 0.717) is 6.54 Å². The molecule has 3 rings (SSSR count). The minimum atomic E-state index is -0.187. The van der Waals surface area contributed by atoms with Crippen LogP contribution in [0.2, 0.25) is 0 Å². The summed E-state index contributed by atoms with van der Waals surface area (Å²) < 4.78 is 0. The van der Waals surface area contributed by atoms with Crippen LogP contribution in [0.25, 0.3) is 0 Å². The molecule has 1 aliphatic heterocycles. The number of hydrogen-bond donors (Lipinski definition) is 1. The Balaban J connectivity index is 1.60. The minimum absolute atomic E-state index is 0.00743. The highest BCUT2D eigenvalue weighted by atomic mass is 16.2. The third kappa shape index (κ3) is 5.74. The average Bonchev–Trinajstić information content (AvgIpc) is 3.13. The van der Waals surface area contributed by atoms with E-state index in [2.05, 4.69) is 12.2 Å². The van der Waals surface area contributed by atoms with Gasteiger partial charge in [0.2, 0.25) is 11.8 Å². The first-order valence-electron chi connectivity index (χ1n) is 11.2. The van der Waals surface area contributed by atoms with E-state index in [-0.39, 0.29) is 43.6 Å². The van der Waals surface area contributed by atoms with Gasteiger partial charge in [-0.05, 0) is 43.9 Å². The summed E-state index contributed by atoms with van der Waals surface area (Å²) >= 11 is 0. The molecule has 0 unspecified atom stereocenters. The number of amides is 4. The number of nitrogens with zero attached hydrogens (tertiary/aromatic N) is 3. The lowest BCUT2D eigenvalue weighted by molar-refractivity contribution is -0.132. The number of rotatable bonds is 7. The SMILES string of the molecule is CCCCN(CC(=O)N1CC(=O)N(c2cccc(C)c2)C1)C(=O)NC1CCCCC1. The molecule has 1 aromatic rings. The Morgan fingerprint density at radius 1 is 1.20 bits per heavy atom. The second-order valence-corrected chi connectivity index (χ2v) is 8.45. The number of aryl methyl sites for hydroxylation is 1. The zero-order valence-corrected chi connectivity index (χ0v) is 18.2. The van der Waals surface area contributed by atoms with E-state index in [1.54, 1.807) is 9.80 Å². The van der Waals surface area contributed by atoms with Crippen molar-refractivity contribution in [3.05, 3.63) is 29.8 Å². The van der Waals surface area contributed by atoms with Gasteiger partial charge in [0.05, 0.1) is 0 Å². The van der Waals surface area contributed by atoms with Crippen molar-refractivity contribution in [2.45, 2.75) is 64.8 Å². The van der Waals surface area contributed by atoms with Gasteiger partial charge in [0, 0.05) is 18.3 Å². The van der Waals surface area contributed by atoms with E-state index in [0.717, 1.165) is 49.8 Å². The van der Waals surface area contributed by atoms with E-state index in [1.165, 1.54) is 11.3 Å². The average molecular weight is 415 g/mol. The fraction of sp³-hybridized carbons (Fsp3) is 0.609. The summed E-state index contributed by atoms with van der Waals surface area (Å²) in [7, 11) is 0. The predicted molar refractivity (Wildman–Crippen MR) is 117 cm³/mol. The van der Waals surface area contributed by atoms with Gasteiger partial charge in [-0.1, -0.05) is 44.7 Å². The van der Waals surface area contributed by atoms with Crippen molar-refractivity contribution < 1.29 is 14.4 Å². The Morgan fingerprint density at radius 2 is 1.97 bits per heavy atom. The van der Waals surface area contributed by atoms with Crippen molar-refractivity contribution in [2.24, 2.45) is 0 Å². The summed E-state index contributed by atoms with van der Waals surface area (Å²) in [4.78, 5) is 43.0. The van der Waals surface area contributed by atoms with Crippen LogP contribution in [0.5, 0.6) is 0 Å². The first kappa shape index (κ1) is 22.1. The molecule has 7 heteroatoms. The van der Waals surface area contributed by atoms with Crippen molar-refractivity contribution in [2.75, 3.05) is 31.2 Å². The zero-order valence-electron chi connectivity index (χ0n) is 18.2. The topological polar surface area (TPSA) is 73.0 Å². The normalized spacial score (nSPS) is 17.3. The first-order valence-corrected chi connectivity index (χ1v) is 11.2. The minimum Gasteiger partial charge on any atom is -0.335 e. The number of hydrogen-bond acceptors (Lipinski definition) is 3. The van der Waals surface area contributed by atoms with Crippen LogP contribution in [0.1, 0.15) is 57.4 Å². The highest BCUT2D eigenvalue weighted by Gasteiger charge is 2.33. The van der Waals surface area contributed by atoms with Gasteiger partial charge in [0.25, 0.3) is 0 Å². The Labute approximate surface area is 179 Å². The number of carbonyl (C=O) groups is 3. The van der Waals surface area contributed by atoms with Gasteiger partial charge in [-0.3, -0.25) is 14.5 Å². The number of carbonyl (C=O) groups excluding carboxylic acids is 3. The van der Waals surface area contributed by atoms with Gasteiger partial charge in [-0.25, -0.2) is 4.79 Å². The van der Waals surface area contributed by atoms with E-state index < -0.39 is 0 Å². The summed E-state index contributed by atoms with van der Waals surface area (Å²) in [6, 6.07) is 7.75. The summed E-state index contributed by atoms with van der Waals surface area (Å²) in [5, 5.41) is 3.11. The molecule has 2 fully saturated rings. The molecule has 1 aliphatic carbocycles. The lowest BCUT2D eigenvalue weighted by atomic mass is 9.96. The molecular weight excluding hydrogens is 380 g/mol. The molecule has 1 N–H and O–H groups in total. The van der Waals surface area contributed by atoms with Gasteiger partial charge in [-0.2, -0.15) is 0 Å². The zero-order chi connectivity index (χ0) is 21.5. The summed E-state index contributed by atoms with van der Waals surface area (Å²) in [6.07, 6.45) is 7.32. The van der Waals surface area contributed by atoms with Gasteiger partial charge in [0.1, 0.15) is 19.8 Å². The van der Waals surface area contributed by atoms with Crippen molar-refractivity contribution in [3.63, 3.8) is 0 Å². The number of benzene rings is 1. The van der Waals surface area contributed by atoms with Crippen LogP contribution < -0.4 is 10.2 Å². The molecule has 2 aliphatic rings. The molecule has 0 bridgehead atoms. The van der Waals surface area contributed by atoms with Crippen molar-refractivity contribution in [1.82, 2.24) is 15.1 Å². The van der Waals surface area contributed by atoms with Crippen molar-refractivity contribution in [3.8, 4) is 0 Å². The lowest BCUT2D eigenvalue weighted by Crippen LogP contribution is -2.49. The molecule has 0 atom stereocenters. The second-order valence-electron chi connectivity index (χ2n) is 8.45. The van der Waals surface area contributed by atoms with Crippen LogP contribution in [0.4, 0.5) is 10.5 Å². The summed E-state index contributed by atoms with van der Waals surface area (Å²) in [5.41, 5.74) is 1.86. The van der Waals surface area contributed by atoms with Crippen molar-refractivity contribution >= 4 is 23.5 Å². The molecule has 1 saturated heterocycles. The van der Waals surface area contributed by atoms with Crippen LogP contribution in [0, 0.1) is 6.92 Å². The molecule has 7 nitrogen and oxygen atoms in total. The van der Waals surface area contributed by atoms with Gasteiger partial charge < -0.3 is 15.1 Å². The maximum atomic E-state index is 12.9. The number of unbranched alkanes of at least 4 members (excludes halogenated alkanes) is 1.